The number of hydrogen-bond acceptors (Lipinski definition) is 6. The van der Waals surface area contributed by atoms with Crippen LogP contribution in [0, 0.1) is 0 Å². The van der Waals surface area contributed by atoms with Crippen molar-refractivity contribution in [3.05, 3.63) is 77.3 Å². The van der Waals surface area contributed by atoms with E-state index < -0.39 is 5.76 Å². The standard InChI is InChI=1S/C16H12N6O2/c23-16-21(15(20-24-16)14-17-8-4-9-18-14)11-12-7-10-22(19-12)13-5-2-1-3-6-13/h1-10H,11H2. The van der Waals surface area contributed by atoms with E-state index in [9.17, 15) is 4.79 Å². The number of rotatable bonds is 4. The maximum atomic E-state index is 11.9. The summed E-state index contributed by atoms with van der Waals surface area (Å²) in [7, 11) is 0. The highest BCUT2D eigenvalue weighted by atomic mass is 16.5. The highest BCUT2D eigenvalue weighted by Crippen LogP contribution is 2.12. The molecule has 0 radical (unpaired) electrons. The Hall–Kier alpha value is -3.55. The van der Waals surface area contributed by atoms with Gasteiger partial charge in [0.2, 0.25) is 5.82 Å². The Morgan fingerprint density at radius 1 is 1.00 bits per heavy atom. The Bertz CT molecular complexity index is 1000. The summed E-state index contributed by atoms with van der Waals surface area (Å²) < 4.78 is 7.85. The second-order valence-electron chi connectivity index (χ2n) is 5.02. The molecule has 0 bridgehead atoms. The third kappa shape index (κ3) is 2.60. The summed E-state index contributed by atoms with van der Waals surface area (Å²) in [4.78, 5) is 20.1. The number of aromatic nitrogens is 6. The molecule has 4 rings (SSSR count). The van der Waals surface area contributed by atoms with E-state index in [1.165, 1.54) is 4.57 Å². The molecule has 0 aliphatic heterocycles. The van der Waals surface area contributed by atoms with Gasteiger partial charge in [-0.2, -0.15) is 5.10 Å². The summed E-state index contributed by atoms with van der Waals surface area (Å²) in [6, 6.07) is 13.2. The van der Waals surface area contributed by atoms with Crippen LogP contribution in [0.25, 0.3) is 17.3 Å². The number of hydrogen-bond donors (Lipinski definition) is 0. The van der Waals surface area contributed by atoms with Crippen molar-refractivity contribution < 1.29 is 4.52 Å². The van der Waals surface area contributed by atoms with Gasteiger partial charge in [0, 0.05) is 18.6 Å². The van der Waals surface area contributed by atoms with E-state index in [0.717, 1.165) is 5.69 Å². The van der Waals surface area contributed by atoms with Gasteiger partial charge in [-0.1, -0.05) is 23.4 Å². The minimum Gasteiger partial charge on any atom is -0.295 e. The summed E-state index contributed by atoms with van der Waals surface area (Å²) in [6.07, 6.45) is 4.99. The lowest BCUT2D eigenvalue weighted by atomic mass is 10.3. The van der Waals surface area contributed by atoms with Crippen molar-refractivity contribution in [2.45, 2.75) is 6.54 Å². The van der Waals surface area contributed by atoms with Crippen LogP contribution in [0.3, 0.4) is 0 Å². The lowest BCUT2D eigenvalue weighted by Crippen LogP contribution is -2.17. The van der Waals surface area contributed by atoms with Crippen molar-refractivity contribution in [2.75, 3.05) is 0 Å². The monoisotopic (exact) mass is 320 g/mol. The molecule has 0 atom stereocenters. The zero-order valence-electron chi connectivity index (χ0n) is 12.5. The maximum Gasteiger partial charge on any atom is 0.442 e. The molecule has 3 heterocycles. The second-order valence-corrected chi connectivity index (χ2v) is 5.02. The first-order valence-electron chi connectivity index (χ1n) is 7.25. The van der Waals surface area contributed by atoms with Gasteiger partial charge < -0.3 is 0 Å². The summed E-state index contributed by atoms with van der Waals surface area (Å²) in [6.45, 7) is 0.218. The molecule has 24 heavy (non-hydrogen) atoms. The van der Waals surface area contributed by atoms with E-state index in [4.69, 9.17) is 4.52 Å². The molecule has 0 amide bonds. The van der Waals surface area contributed by atoms with E-state index >= 15 is 0 Å². The molecule has 0 spiro atoms. The normalized spacial score (nSPS) is 10.8. The summed E-state index contributed by atoms with van der Waals surface area (Å²) in [5, 5.41) is 8.24. The van der Waals surface area contributed by atoms with Gasteiger partial charge in [-0.05, 0) is 24.3 Å². The van der Waals surface area contributed by atoms with E-state index in [1.807, 2.05) is 42.6 Å². The largest absolute Gasteiger partial charge is 0.442 e. The Kier molecular flexibility index (Phi) is 3.47. The van der Waals surface area contributed by atoms with E-state index in [-0.39, 0.29) is 12.4 Å². The van der Waals surface area contributed by atoms with Crippen LogP contribution >= 0.6 is 0 Å². The van der Waals surface area contributed by atoms with Gasteiger partial charge >= 0.3 is 5.76 Å². The van der Waals surface area contributed by atoms with Gasteiger partial charge in [-0.3, -0.25) is 4.52 Å². The number of benzene rings is 1. The van der Waals surface area contributed by atoms with Gasteiger partial charge in [-0.15, -0.1) is 0 Å². The van der Waals surface area contributed by atoms with Crippen molar-refractivity contribution in [3.8, 4) is 17.3 Å². The Morgan fingerprint density at radius 2 is 1.79 bits per heavy atom. The highest BCUT2D eigenvalue weighted by molar-refractivity contribution is 5.41. The van der Waals surface area contributed by atoms with Gasteiger partial charge in [-0.25, -0.2) is 24.0 Å². The van der Waals surface area contributed by atoms with E-state index in [2.05, 4.69) is 20.2 Å². The van der Waals surface area contributed by atoms with Gasteiger partial charge in [0.15, 0.2) is 5.82 Å². The molecular weight excluding hydrogens is 308 g/mol. The molecule has 0 saturated heterocycles. The molecule has 4 aromatic rings. The van der Waals surface area contributed by atoms with Gasteiger partial charge in [0.25, 0.3) is 0 Å². The van der Waals surface area contributed by atoms with Crippen LogP contribution in [0.4, 0.5) is 0 Å². The first-order valence-corrected chi connectivity index (χ1v) is 7.25. The van der Waals surface area contributed by atoms with Crippen molar-refractivity contribution in [1.29, 1.82) is 0 Å². The molecule has 8 heteroatoms. The molecule has 0 aliphatic rings. The lowest BCUT2D eigenvalue weighted by Gasteiger charge is -2.02. The third-order valence-corrected chi connectivity index (χ3v) is 3.44. The van der Waals surface area contributed by atoms with Crippen LogP contribution in [0.1, 0.15) is 5.69 Å². The van der Waals surface area contributed by atoms with Crippen LogP contribution < -0.4 is 5.76 Å². The zero-order valence-corrected chi connectivity index (χ0v) is 12.5. The molecule has 0 aliphatic carbocycles. The Labute approximate surface area is 136 Å². The SMILES string of the molecule is O=c1onc(-c2ncccn2)n1Cc1ccn(-c2ccccc2)n1. The van der Waals surface area contributed by atoms with Crippen LogP contribution in [0.5, 0.6) is 0 Å². The Morgan fingerprint density at radius 3 is 2.58 bits per heavy atom. The summed E-state index contributed by atoms with van der Waals surface area (Å²) in [5.41, 5.74) is 1.63. The fourth-order valence-corrected chi connectivity index (χ4v) is 2.32. The summed E-state index contributed by atoms with van der Waals surface area (Å²) >= 11 is 0. The Balaban J connectivity index is 1.67. The first kappa shape index (κ1) is 14.1. The minimum absolute atomic E-state index is 0.218. The average Bonchev–Trinajstić information content (AvgIpc) is 3.25. The van der Waals surface area contributed by atoms with Crippen LogP contribution in [0.2, 0.25) is 0 Å². The second kappa shape index (κ2) is 5.92. The first-order chi connectivity index (χ1) is 11.8. The predicted octanol–water partition coefficient (Wildman–Crippen LogP) is 1.53. The molecular formula is C16H12N6O2. The lowest BCUT2D eigenvalue weighted by molar-refractivity contribution is 0.377. The fraction of sp³-hybridized carbons (Fsp3) is 0.0625. The number of nitrogens with zero attached hydrogens (tertiary/aromatic N) is 6. The maximum absolute atomic E-state index is 11.9. The number of para-hydroxylation sites is 1. The van der Waals surface area contributed by atoms with Crippen molar-refractivity contribution in [1.82, 2.24) is 29.5 Å². The molecule has 8 nitrogen and oxygen atoms in total. The third-order valence-electron chi connectivity index (χ3n) is 3.44. The molecule has 1 aromatic carbocycles. The summed E-state index contributed by atoms with van der Waals surface area (Å²) in [5.74, 6) is 0.0208. The molecule has 3 aromatic heterocycles. The van der Waals surface area contributed by atoms with E-state index in [1.54, 1.807) is 23.1 Å². The van der Waals surface area contributed by atoms with Crippen molar-refractivity contribution in [2.24, 2.45) is 0 Å². The topological polar surface area (TPSA) is 91.6 Å². The van der Waals surface area contributed by atoms with E-state index in [0.29, 0.717) is 11.5 Å². The fourth-order valence-electron chi connectivity index (χ4n) is 2.32. The molecule has 0 fully saturated rings. The molecule has 0 saturated carbocycles. The van der Waals surface area contributed by atoms with Gasteiger partial charge in [0.1, 0.15) is 0 Å². The molecule has 118 valence electrons. The van der Waals surface area contributed by atoms with Crippen molar-refractivity contribution >= 4 is 0 Å². The van der Waals surface area contributed by atoms with Crippen molar-refractivity contribution in [3.63, 3.8) is 0 Å². The van der Waals surface area contributed by atoms with Crippen LogP contribution in [0.15, 0.2) is 70.4 Å². The molecule has 0 N–H and O–H groups in total. The van der Waals surface area contributed by atoms with Gasteiger partial charge in [0.05, 0.1) is 17.9 Å². The molecule has 0 unspecified atom stereocenters. The average molecular weight is 320 g/mol. The highest BCUT2D eigenvalue weighted by Gasteiger charge is 2.16. The van der Waals surface area contributed by atoms with Crippen LogP contribution in [-0.4, -0.2) is 29.5 Å². The van der Waals surface area contributed by atoms with Crippen LogP contribution in [-0.2, 0) is 6.54 Å². The zero-order chi connectivity index (χ0) is 16.4. The predicted molar refractivity (Wildman–Crippen MR) is 84.5 cm³/mol. The smallest absolute Gasteiger partial charge is 0.295 e. The quantitative estimate of drug-likeness (QED) is 0.566. The minimum atomic E-state index is -0.577.